The molecule has 0 saturated heterocycles. The largest absolute Gasteiger partial charge is 0.281 e. The van der Waals surface area contributed by atoms with Crippen LogP contribution in [0.5, 0.6) is 0 Å². The van der Waals surface area contributed by atoms with Crippen molar-refractivity contribution in [1.82, 2.24) is 10.2 Å². The summed E-state index contributed by atoms with van der Waals surface area (Å²) >= 11 is 0. The van der Waals surface area contributed by atoms with E-state index >= 15 is 0 Å². The molecule has 0 aliphatic rings. The molecule has 0 aliphatic carbocycles. The zero-order chi connectivity index (χ0) is 14.9. The van der Waals surface area contributed by atoms with Crippen LogP contribution >= 0.6 is 0 Å². The number of rotatable bonds is 10. The fraction of sp³-hybridized carbons (Fsp3) is 0.632. The lowest BCUT2D eigenvalue weighted by Crippen LogP contribution is -1.89. The van der Waals surface area contributed by atoms with Crippen LogP contribution in [0.15, 0.2) is 18.2 Å². The maximum atomic E-state index is 4.41. The molecule has 2 aromatic rings. The molecule has 0 unspecified atom stereocenters. The number of aromatic nitrogens is 2. The first-order valence-electron chi connectivity index (χ1n) is 8.75. The highest BCUT2D eigenvalue weighted by Gasteiger charge is 2.06. The Bertz CT molecular complexity index is 527. The number of benzene rings is 1. The maximum absolute atomic E-state index is 4.41. The highest BCUT2D eigenvalue weighted by atomic mass is 15.1. The molecule has 2 nitrogen and oxygen atoms in total. The lowest BCUT2D eigenvalue weighted by Gasteiger charge is -2.03. The summed E-state index contributed by atoms with van der Waals surface area (Å²) < 4.78 is 0. The van der Waals surface area contributed by atoms with E-state index in [1.54, 1.807) is 0 Å². The number of H-pyrrole nitrogens is 1. The minimum atomic E-state index is 1.11. The van der Waals surface area contributed by atoms with E-state index in [0.717, 1.165) is 11.9 Å². The first-order valence-corrected chi connectivity index (χ1v) is 8.75. The third-order valence-corrected chi connectivity index (χ3v) is 4.39. The minimum Gasteiger partial charge on any atom is -0.281 e. The summed E-state index contributed by atoms with van der Waals surface area (Å²) in [7, 11) is 0. The molecule has 2 heteroatoms. The van der Waals surface area contributed by atoms with Crippen molar-refractivity contribution in [3.05, 3.63) is 29.5 Å². The van der Waals surface area contributed by atoms with Crippen LogP contribution in [0, 0.1) is 6.92 Å². The third-order valence-electron chi connectivity index (χ3n) is 4.39. The van der Waals surface area contributed by atoms with Crippen molar-refractivity contribution in [1.29, 1.82) is 0 Å². The molecule has 1 heterocycles. The molecule has 0 spiro atoms. The zero-order valence-corrected chi connectivity index (χ0v) is 13.8. The molecule has 116 valence electrons. The van der Waals surface area contributed by atoms with Crippen molar-refractivity contribution in [3.63, 3.8) is 0 Å². The summed E-state index contributed by atoms with van der Waals surface area (Å²) in [6, 6.07) is 6.36. The Morgan fingerprint density at radius 1 is 0.905 bits per heavy atom. The molecule has 2 rings (SSSR count). The lowest BCUT2D eigenvalue weighted by molar-refractivity contribution is 0.564. The van der Waals surface area contributed by atoms with Gasteiger partial charge in [0.1, 0.15) is 0 Å². The number of fused-ring (bicyclic) bond motifs is 1. The number of nitrogens with zero attached hydrogens (tertiary/aromatic N) is 1. The Labute approximate surface area is 129 Å². The van der Waals surface area contributed by atoms with Crippen molar-refractivity contribution < 1.29 is 0 Å². The Morgan fingerprint density at radius 3 is 2.29 bits per heavy atom. The molecule has 21 heavy (non-hydrogen) atoms. The first-order chi connectivity index (χ1) is 10.3. The molecule has 1 N–H and O–H groups in total. The summed E-state index contributed by atoms with van der Waals surface area (Å²) in [6.45, 7) is 4.46. The molecule has 0 atom stereocenters. The van der Waals surface area contributed by atoms with Crippen LogP contribution in [0.25, 0.3) is 10.9 Å². The van der Waals surface area contributed by atoms with Crippen LogP contribution in [0.1, 0.15) is 76.0 Å². The average Bonchev–Trinajstić information content (AvgIpc) is 2.90. The van der Waals surface area contributed by atoms with Gasteiger partial charge in [0.15, 0.2) is 0 Å². The van der Waals surface area contributed by atoms with E-state index in [4.69, 9.17) is 0 Å². The maximum Gasteiger partial charge on any atom is 0.0926 e. The molecule has 0 fully saturated rings. The van der Waals surface area contributed by atoms with Crippen LogP contribution < -0.4 is 0 Å². The molecule has 1 aromatic heterocycles. The summed E-state index contributed by atoms with van der Waals surface area (Å²) in [4.78, 5) is 0. The Morgan fingerprint density at radius 2 is 1.57 bits per heavy atom. The van der Waals surface area contributed by atoms with Gasteiger partial charge in [0.05, 0.1) is 5.52 Å². The smallest absolute Gasteiger partial charge is 0.0926 e. The number of hydrogen-bond acceptors (Lipinski definition) is 1. The van der Waals surface area contributed by atoms with E-state index in [1.165, 1.54) is 74.4 Å². The van der Waals surface area contributed by atoms with Crippen LogP contribution in [0.3, 0.4) is 0 Å². The fourth-order valence-electron chi connectivity index (χ4n) is 3.11. The summed E-state index contributed by atoms with van der Waals surface area (Å²) in [5.74, 6) is 0. The van der Waals surface area contributed by atoms with Crippen LogP contribution in [0.2, 0.25) is 0 Å². The van der Waals surface area contributed by atoms with Crippen molar-refractivity contribution >= 4 is 10.9 Å². The van der Waals surface area contributed by atoms with Crippen LogP contribution in [0.4, 0.5) is 0 Å². The summed E-state index contributed by atoms with van der Waals surface area (Å²) in [6.07, 6.45) is 13.6. The van der Waals surface area contributed by atoms with Crippen LogP contribution in [-0.2, 0) is 6.42 Å². The fourth-order valence-corrected chi connectivity index (χ4v) is 3.11. The van der Waals surface area contributed by atoms with E-state index in [9.17, 15) is 0 Å². The van der Waals surface area contributed by atoms with Gasteiger partial charge in [-0.1, -0.05) is 70.4 Å². The number of aryl methyl sites for hydroxylation is 2. The topological polar surface area (TPSA) is 28.7 Å². The van der Waals surface area contributed by atoms with E-state index in [2.05, 4.69) is 42.2 Å². The molecule has 0 saturated carbocycles. The van der Waals surface area contributed by atoms with Crippen molar-refractivity contribution in [2.24, 2.45) is 0 Å². The number of hydrogen-bond donors (Lipinski definition) is 1. The third kappa shape index (κ3) is 4.87. The second-order valence-corrected chi connectivity index (χ2v) is 6.25. The first kappa shape index (κ1) is 16.1. The summed E-state index contributed by atoms with van der Waals surface area (Å²) in [5.41, 5.74) is 3.78. The van der Waals surface area contributed by atoms with E-state index < -0.39 is 0 Å². The average molecular weight is 286 g/mol. The van der Waals surface area contributed by atoms with Crippen molar-refractivity contribution in [3.8, 4) is 0 Å². The predicted octanol–water partition coefficient (Wildman–Crippen LogP) is 5.94. The standard InChI is InChI=1S/C19H30N2/c1-3-4-5-6-7-8-9-10-11-14-17-19-16(2)13-12-15-18(19)21-20-17/h12-13,15H,3-11,14H2,1-2H3,(H,20,21). The zero-order valence-electron chi connectivity index (χ0n) is 13.8. The van der Waals surface area contributed by atoms with Gasteiger partial charge in [0.2, 0.25) is 0 Å². The van der Waals surface area contributed by atoms with E-state index in [1.807, 2.05) is 0 Å². The Balaban J connectivity index is 1.64. The molecule has 1 aromatic carbocycles. The molecule has 0 radical (unpaired) electrons. The molecule has 0 amide bonds. The van der Waals surface area contributed by atoms with Gasteiger partial charge in [-0.25, -0.2) is 0 Å². The molecular weight excluding hydrogens is 256 g/mol. The predicted molar refractivity (Wildman–Crippen MR) is 91.8 cm³/mol. The molecular formula is C19H30N2. The van der Waals surface area contributed by atoms with Crippen molar-refractivity contribution in [2.45, 2.75) is 78.1 Å². The second kappa shape index (κ2) is 8.86. The Kier molecular flexibility index (Phi) is 6.78. The Hall–Kier alpha value is -1.31. The van der Waals surface area contributed by atoms with E-state index in [-0.39, 0.29) is 0 Å². The van der Waals surface area contributed by atoms with E-state index in [0.29, 0.717) is 0 Å². The lowest BCUT2D eigenvalue weighted by atomic mass is 10.0. The van der Waals surface area contributed by atoms with Crippen molar-refractivity contribution in [2.75, 3.05) is 0 Å². The van der Waals surface area contributed by atoms with Gasteiger partial charge in [-0.2, -0.15) is 5.10 Å². The van der Waals surface area contributed by atoms with Gasteiger partial charge in [0, 0.05) is 11.1 Å². The molecule has 0 bridgehead atoms. The summed E-state index contributed by atoms with van der Waals surface area (Å²) in [5, 5.41) is 8.99. The van der Waals surface area contributed by atoms with Crippen LogP contribution in [-0.4, -0.2) is 10.2 Å². The number of nitrogens with one attached hydrogen (secondary N) is 1. The highest BCUT2D eigenvalue weighted by Crippen LogP contribution is 2.21. The van der Waals surface area contributed by atoms with Gasteiger partial charge in [-0.3, -0.25) is 5.10 Å². The molecule has 0 aliphatic heterocycles. The number of unbranched alkanes of at least 4 members (excludes halogenated alkanes) is 8. The van der Waals surface area contributed by atoms with Gasteiger partial charge in [0.25, 0.3) is 0 Å². The second-order valence-electron chi connectivity index (χ2n) is 6.25. The number of aromatic amines is 1. The minimum absolute atomic E-state index is 1.11. The normalized spacial score (nSPS) is 11.3. The monoisotopic (exact) mass is 286 g/mol. The van der Waals surface area contributed by atoms with Gasteiger partial charge < -0.3 is 0 Å². The van der Waals surface area contributed by atoms with Gasteiger partial charge in [-0.05, 0) is 31.4 Å². The van der Waals surface area contributed by atoms with Gasteiger partial charge in [-0.15, -0.1) is 0 Å². The quantitative estimate of drug-likeness (QED) is 0.537. The van der Waals surface area contributed by atoms with Gasteiger partial charge >= 0.3 is 0 Å². The SMILES string of the molecule is CCCCCCCCCCCc1[nH]nc2cccc(C)c12. The highest BCUT2D eigenvalue weighted by molar-refractivity contribution is 5.84.